The van der Waals surface area contributed by atoms with E-state index in [1.807, 2.05) is 38.1 Å². The minimum absolute atomic E-state index is 0.0538. The van der Waals surface area contributed by atoms with Gasteiger partial charge in [-0.2, -0.15) is 5.26 Å². The number of hydrogen-bond acceptors (Lipinski definition) is 6. The topological polar surface area (TPSA) is 84.2 Å². The molecule has 0 aliphatic carbocycles. The number of aromatic nitrogens is 1. The summed E-state index contributed by atoms with van der Waals surface area (Å²) < 4.78 is 11.5. The number of aryl methyl sites for hydroxylation is 2. The van der Waals surface area contributed by atoms with Crippen LogP contribution in [0.5, 0.6) is 11.5 Å². The summed E-state index contributed by atoms with van der Waals surface area (Å²) in [7, 11) is 0. The molecule has 0 saturated carbocycles. The smallest absolute Gasteiger partial charge is 0.268 e. The number of hydrogen-bond donors (Lipinski definition) is 1. The molecule has 0 fully saturated rings. The van der Waals surface area contributed by atoms with Gasteiger partial charge in [-0.25, -0.2) is 4.98 Å². The zero-order chi connectivity index (χ0) is 22.2. The van der Waals surface area contributed by atoms with Crippen molar-refractivity contribution in [2.75, 3.05) is 18.5 Å². The van der Waals surface area contributed by atoms with Crippen molar-refractivity contribution >= 4 is 40.1 Å². The molecule has 0 unspecified atom stereocenters. The van der Waals surface area contributed by atoms with Gasteiger partial charge in [0.25, 0.3) is 5.91 Å². The molecule has 0 bridgehead atoms. The van der Waals surface area contributed by atoms with Gasteiger partial charge in [0, 0.05) is 11.6 Å². The van der Waals surface area contributed by atoms with Crippen molar-refractivity contribution in [3.63, 3.8) is 0 Å². The first-order valence-electron chi connectivity index (χ1n) is 9.42. The Morgan fingerprint density at radius 3 is 2.61 bits per heavy atom. The van der Waals surface area contributed by atoms with Crippen LogP contribution in [-0.4, -0.2) is 24.1 Å². The zero-order valence-electron chi connectivity index (χ0n) is 17.0. The van der Waals surface area contributed by atoms with Gasteiger partial charge in [-0.1, -0.05) is 35.9 Å². The molecule has 1 heterocycles. The summed E-state index contributed by atoms with van der Waals surface area (Å²) in [5.74, 6) is 0.824. The Morgan fingerprint density at radius 1 is 1.23 bits per heavy atom. The van der Waals surface area contributed by atoms with Crippen molar-refractivity contribution < 1.29 is 14.3 Å². The molecule has 0 aliphatic heterocycles. The molecule has 8 heteroatoms. The van der Waals surface area contributed by atoms with Crippen molar-refractivity contribution in [3.8, 4) is 17.6 Å². The van der Waals surface area contributed by atoms with E-state index in [4.69, 9.17) is 21.1 Å². The van der Waals surface area contributed by atoms with Gasteiger partial charge in [-0.15, -0.1) is 11.3 Å². The van der Waals surface area contributed by atoms with Gasteiger partial charge in [0.2, 0.25) is 0 Å². The Labute approximate surface area is 189 Å². The van der Waals surface area contributed by atoms with Gasteiger partial charge in [-0.05, 0) is 48.7 Å². The van der Waals surface area contributed by atoms with Crippen LogP contribution in [0.4, 0.5) is 5.13 Å². The summed E-state index contributed by atoms with van der Waals surface area (Å²) >= 11 is 7.58. The highest BCUT2D eigenvalue weighted by atomic mass is 35.5. The highest BCUT2D eigenvalue weighted by molar-refractivity contribution is 7.13. The number of carbonyl (C=O) groups excluding carboxylic acids is 1. The van der Waals surface area contributed by atoms with Crippen LogP contribution in [0.3, 0.4) is 0 Å². The van der Waals surface area contributed by atoms with Crippen LogP contribution in [0.1, 0.15) is 16.7 Å². The second-order valence-electron chi connectivity index (χ2n) is 6.57. The van der Waals surface area contributed by atoms with E-state index in [2.05, 4.69) is 10.3 Å². The van der Waals surface area contributed by atoms with Gasteiger partial charge in [-0.3, -0.25) is 10.1 Å². The Morgan fingerprint density at radius 2 is 1.97 bits per heavy atom. The van der Waals surface area contributed by atoms with E-state index in [9.17, 15) is 10.1 Å². The fourth-order valence-corrected chi connectivity index (χ4v) is 3.58. The summed E-state index contributed by atoms with van der Waals surface area (Å²) in [6, 6.07) is 12.9. The average molecular weight is 454 g/mol. The van der Waals surface area contributed by atoms with E-state index < -0.39 is 5.91 Å². The SMILES string of the molecule is Cc1cccc(C)c1OCCOc1ccc(/C=C(/C#N)C(=O)Nc2nccs2)cc1Cl. The van der Waals surface area contributed by atoms with Gasteiger partial charge in [0.1, 0.15) is 36.4 Å². The molecule has 0 aliphatic rings. The number of ether oxygens (including phenoxy) is 2. The number of thiazole rings is 1. The monoisotopic (exact) mass is 453 g/mol. The number of halogens is 1. The predicted molar refractivity (Wildman–Crippen MR) is 123 cm³/mol. The molecule has 1 aromatic heterocycles. The van der Waals surface area contributed by atoms with Crippen LogP contribution in [-0.2, 0) is 4.79 Å². The summed E-state index contributed by atoms with van der Waals surface area (Å²) in [5, 5.41) is 14.4. The second kappa shape index (κ2) is 10.6. The van der Waals surface area contributed by atoms with Gasteiger partial charge >= 0.3 is 0 Å². The molecule has 6 nitrogen and oxygen atoms in total. The van der Waals surface area contributed by atoms with Crippen LogP contribution < -0.4 is 14.8 Å². The van der Waals surface area contributed by atoms with Gasteiger partial charge in [0.05, 0.1) is 5.02 Å². The van der Waals surface area contributed by atoms with E-state index >= 15 is 0 Å². The maximum absolute atomic E-state index is 12.2. The minimum Gasteiger partial charge on any atom is -0.489 e. The van der Waals surface area contributed by atoms with E-state index in [1.165, 1.54) is 17.4 Å². The zero-order valence-corrected chi connectivity index (χ0v) is 18.6. The number of nitrogens with zero attached hydrogens (tertiary/aromatic N) is 2. The Balaban J connectivity index is 1.59. The highest BCUT2D eigenvalue weighted by Crippen LogP contribution is 2.27. The number of nitriles is 1. The molecule has 2 aromatic carbocycles. The molecule has 0 atom stereocenters. The first kappa shape index (κ1) is 22.3. The van der Waals surface area contributed by atoms with Crippen LogP contribution in [0, 0.1) is 25.2 Å². The van der Waals surface area contributed by atoms with E-state index in [-0.39, 0.29) is 5.57 Å². The molecular formula is C23H20ClN3O3S. The van der Waals surface area contributed by atoms with E-state index in [1.54, 1.807) is 29.8 Å². The maximum atomic E-state index is 12.2. The quantitative estimate of drug-likeness (QED) is 0.280. The van der Waals surface area contributed by atoms with Crippen LogP contribution in [0.2, 0.25) is 5.02 Å². The van der Waals surface area contributed by atoms with Crippen LogP contribution in [0.15, 0.2) is 53.5 Å². The lowest BCUT2D eigenvalue weighted by molar-refractivity contribution is -0.112. The lowest BCUT2D eigenvalue weighted by Gasteiger charge is -2.13. The normalized spacial score (nSPS) is 11.0. The lowest BCUT2D eigenvalue weighted by Crippen LogP contribution is -2.13. The number of rotatable bonds is 8. The number of carbonyl (C=O) groups is 1. The first-order valence-corrected chi connectivity index (χ1v) is 10.7. The summed E-state index contributed by atoms with van der Waals surface area (Å²) in [5.41, 5.74) is 2.69. The Hall–Kier alpha value is -3.34. The fourth-order valence-electron chi connectivity index (χ4n) is 2.81. The summed E-state index contributed by atoms with van der Waals surface area (Å²) in [6.07, 6.45) is 3.03. The minimum atomic E-state index is -0.530. The lowest BCUT2D eigenvalue weighted by atomic mass is 10.1. The number of amides is 1. The molecule has 1 amide bonds. The number of anilines is 1. The van der Waals surface area contributed by atoms with Gasteiger partial charge in [0.15, 0.2) is 5.13 Å². The Bertz CT molecular complexity index is 1120. The maximum Gasteiger partial charge on any atom is 0.268 e. The standard InChI is InChI=1S/C23H20ClN3O3S/c1-15-4-3-5-16(2)21(15)30-10-9-29-20-7-6-17(13-19(20)24)12-18(14-25)22(28)27-23-26-8-11-31-23/h3-8,11-13H,9-10H2,1-2H3,(H,26,27,28)/b18-12-. The summed E-state index contributed by atoms with van der Waals surface area (Å²) in [6.45, 7) is 4.69. The predicted octanol–water partition coefficient (Wildman–Crippen LogP) is 5.42. The number of nitrogens with one attached hydrogen (secondary N) is 1. The van der Waals surface area contributed by atoms with Crippen molar-refractivity contribution in [2.45, 2.75) is 13.8 Å². The fraction of sp³-hybridized carbons (Fsp3) is 0.174. The van der Waals surface area contributed by atoms with Crippen LogP contribution >= 0.6 is 22.9 Å². The first-order chi connectivity index (χ1) is 15.0. The third-order valence-electron chi connectivity index (χ3n) is 4.28. The molecule has 0 saturated heterocycles. The third kappa shape index (κ3) is 6.07. The van der Waals surface area contributed by atoms with E-state index in [0.29, 0.717) is 34.7 Å². The van der Waals surface area contributed by atoms with Crippen molar-refractivity contribution in [1.82, 2.24) is 4.98 Å². The molecule has 3 aromatic rings. The van der Waals surface area contributed by atoms with Crippen LogP contribution in [0.25, 0.3) is 6.08 Å². The largest absolute Gasteiger partial charge is 0.489 e. The van der Waals surface area contributed by atoms with Crippen molar-refractivity contribution in [2.24, 2.45) is 0 Å². The number of benzene rings is 2. The summed E-state index contributed by atoms with van der Waals surface area (Å²) in [4.78, 5) is 16.2. The second-order valence-corrected chi connectivity index (χ2v) is 7.87. The Kier molecular flexibility index (Phi) is 7.65. The molecule has 0 radical (unpaired) electrons. The van der Waals surface area contributed by atoms with E-state index in [0.717, 1.165) is 16.9 Å². The molecule has 31 heavy (non-hydrogen) atoms. The number of para-hydroxylation sites is 1. The average Bonchev–Trinajstić information content (AvgIpc) is 3.25. The van der Waals surface area contributed by atoms with Crippen molar-refractivity contribution in [3.05, 3.63) is 75.3 Å². The highest BCUT2D eigenvalue weighted by Gasteiger charge is 2.12. The van der Waals surface area contributed by atoms with Crippen molar-refractivity contribution in [1.29, 1.82) is 5.26 Å². The third-order valence-corrected chi connectivity index (χ3v) is 5.26. The molecular weight excluding hydrogens is 434 g/mol. The molecule has 1 N–H and O–H groups in total. The molecule has 3 rings (SSSR count). The molecule has 0 spiro atoms. The molecule has 158 valence electrons. The van der Waals surface area contributed by atoms with Gasteiger partial charge < -0.3 is 9.47 Å².